The van der Waals surface area contributed by atoms with Gasteiger partial charge in [-0.05, 0) is 25.2 Å². The Hall–Kier alpha value is -3.01. The Kier molecular flexibility index (Phi) is 5.32. The van der Waals surface area contributed by atoms with Crippen molar-refractivity contribution in [3.8, 4) is 0 Å². The van der Waals surface area contributed by atoms with Gasteiger partial charge in [-0.3, -0.25) is 14.9 Å². The number of halogens is 3. The number of benzene rings is 1. The third-order valence-electron chi connectivity index (χ3n) is 4.59. The average molecular weight is 394 g/mol. The van der Waals surface area contributed by atoms with Crippen molar-refractivity contribution in [2.75, 3.05) is 38.1 Å². The second kappa shape index (κ2) is 7.55. The number of nitro groups is 1. The van der Waals surface area contributed by atoms with E-state index in [1.54, 1.807) is 4.90 Å². The molecule has 1 saturated heterocycles. The summed E-state index contributed by atoms with van der Waals surface area (Å²) in [4.78, 5) is 30.6. The molecule has 0 spiro atoms. The largest absolute Gasteiger partial charge is 0.417 e. The van der Waals surface area contributed by atoms with Crippen LogP contribution in [0.25, 0.3) is 0 Å². The van der Waals surface area contributed by atoms with Gasteiger partial charge in [0.2, 0.25) is 5.78 Å². The molecule has 2 aromatic rings. The number of non-ortho nitro benzene ring substituents is 1. The third kappa shape index (κ3) is 4.11. The fourth-order valence-corrected chi connectivity index (χ4v) is 2.94. The first-order valence-corrected chi connectivity index (χ1v) is 8.46. The summed E-state index contributed by atoms with van der Waals surface area (Å²) < 4.78 is 39.5. The summed E-state index contributed by atoms with van der Waals surface area (Å²) >= 11 is 0. The second-order valence-electron chi connectivity index (χ2n) is 6.51. The number of pyridine rings is 1. The van der Waals surface area contributed by atoms with Crippen molar-refractivity contribution in [3.05, 3.63) is 63.5 Å². The predicted molar refractivity (Wildman–Crippen MR) is 95.5 cm³/mol. The minimum atomic E-state index is -4.58. The van der Waals surface area contributed by atoms with E-state index in [0.29, 0.717) is 32.4 Å². The number of nitro benzene ring substituents is 1. The summed E-state index contributed by atoms with van der Waals surface area (Å²) in [5.74, 6) is -0.586. The minimum Gasteiger partial charge on any atom is -0.367 e. The van der Waals surface area contributed by atoms with E-state index in [2.05, 4.69) is 4.98 Å². The quantitative estimate of drug-likeness (QED) is 0.451. The SMILES string of the molecule is CN1CCN(c2cc(C(F)(F)F)cnc2C(=O)c2ccc([N+](=O)[O-])cc2)CC1. The zero-order valence-corrected chi connectivity index (χ0v) is 14.9. The number of rotatable bonds is 4. The van der Waals surface area contributed by atoms with Crippen LogP contribution in [0.15, 0.2) is 36.5 Å². The highest BCUT2D eigenvalue weighted by Gasteiger charge is 2.33. The Morgan fingerprint density at radius 3 is 2.29 bits per heavy atom. The third-order valence-corrected chi connectivity index (χ3v) is 4.59. The Bertz CT molecular complexity index is 892. The molecule has 1 aromatic carbocycles. The van der Waals surface area contributed by atoms with Crippen LogP contribution in [-0.4, -0.2) is 53.8 Å². The first-order chi connectivity index (χ1) is 13.2. The maximum atomic E-state index is 13.2. The van der Waals surface area contributed by atoms with Crippen molar-refractivity contribution in [1.29, 1.82) is 0 Å². The van der Waals surface area contributed by atoms with Crippen LogP contribution in [0.1, 0.15) is 21.6 Å². The number of hydrogen-bond donors (Lipinski definition) is 0. The highest BCUT2D eigenvalue weighted by Crippen LogP contribution is 2.33. The summed E-state index contributed by atoms with van der Waals surface area (Å²) in [5.41, 5.74) is -0.983. The molecule has 28 heavy (non-hydrogen) atoms. The van der Waals surface area contributed by atoms with E-state index in [1.165, 1.54) is 24.3 Å². The van der Waals surface area contributed by atoms with Gasteiger partial charge in [-0.15, -0.1) is 0 Å². The second-order valence-corrected chi connectivity index (χ2v) is 6.51. The topological polar surface area (TPSA) is 79.6 Å². The molecule has 3 rings (SSSR count). The van der Waals surface area contributed by atoms with Gasteiger partial charge in [0.1, 0.15) is 5.69 Å². The van der Waals surface area contributed by atoms with Gasteiger partial charge < -0.3 is 9.80 Å². The van der Waals surface area contributed by atoms with Gasteiger partial charge in [-0.25, -0.2) is 4.98 Å². The number of carbonyl (C=O) groups is 1. The van der Waals surface area contributed by atoms with Gasteiger partial charge >= 0.3 is 6.18 Å². The van der Waals surface area contributed by atoms with Crippen LogP contribution in [0.4, 0.5) is 24.5 Å². The van der Waals surface area contributed by atoms with Gasteiger partial charge in [0, 0.05) is 50.1 Å². The number of piperazine rings is 1. The number of aromatic nitrogens is 1. The van der Waals surface area contributed by atoms with E-state index in [9.17, 15) is 28.1 Å². The lowest BCUT2D eigenvalue weighted by Gasteiger charge is -2.35. The van der Waals surface area contributed by atoms with Crippen molar-refractivity contribution < 1.29 is 22.9 Å². The normalized spacial score (nSPS) is 15.5. The zero-order valence-electron chi connectivity index (χ0n) is 14.9. The maximum absolute atomic E-state index is 13.2. The summed E-state index contributed by atoms with van der Waals surface area (Å²) in [6.07, 6.45) is -3.94. The van der Waals surface area contributed by atoms with Crippen molar-refractivity contribution in [2.45, 2.75) is 6.18 Å². The summed E-state index contributed by atoms with van der Waals surface area (Å²) in [5, 5.41) is 10.8. The first-order valence-electron chi connectivity index (χ1n) is 8.46. The van der Waals surface area contributed by atoms with Gasteiger partial charge in [-0.1, -0.05) is 0 Å². The highest BCUT2D eigenvalue weighted by atomic mass is 19.4. The molecule has 0 saturated carbocycles. The molecule has 1 aliphatic heterocycles. The van der Waals surface area contributed by atoms with Crippen molar-refractivity contribution >= 4 is 17.2 Å². The van der Waals surface area contributed by atoms with E-state index in [0.717, 1.165) is 6.07 Å². The van der Waals surface area contributed by atoms with Crippen molar-refractivity contribution in [1.82, 2.24) is 9.88 Å². The van der Waals surface area contributed by atoms with E-state index in [4.69, 9.17) is 0 Å². The Balaban J connectivity index is 2.01. The van der Waals surface area contributed by atoms with Crippen LogP contribution < -0.4 is 4.90 Å². The van der Waals surface area contributed by atoms with Crippen LogP contribution in [0.5, 0.6) is 0 Å². The fourth-order valence-electron chi connectivity index (χ4n) is 2.94. The predicted octanol–water partition coefficient (Wildman–Crippen LogP) is 2.99. The molecule has 0 N–H and O–H groups in total. The number of nitrogens with zero attached hydrogens (tertiary/aromatic N) is 4. The zero-order chi connectivity index (χ0) is 20.5. The van der Waals surface area contributed by atoms with Crippen molar-refractivity contribution in [2.24, 2.45) is 0 Å². The van der Waals surface area contributed by atoms with Crippen LogP contribution in [0.3, 0.4) is 0 Å². The molecule has 0 amide bonds. The lowest BCUT2D eigenvalue weighted by molar-refractivity contribution is -0.384. The Morgan fingerprint density at radius 2 is 1.75 bits per heavy atom. The number of carbonyl (C=O) groups excluding carboxylic acids is 1. The van der Waals surface area contributed by atoms with Gasteiger partial charge in [0.15, 0.2) is 0 Å². The number of anilines is 1. The lowest BCUT2D eigenvalue weighted by Crippen LogP contribution is -2.45. The molecule has 7 nitrogen and oxygen atoms in total. The van der Waals surface area contributed by atoms with E-state index in [-0.39, 0.29) is 22.6 Å². The summed E-state index contributed by atoms with van der Waals surface area (Å²) in [7, 11) is 1.91. The van der Waals surface area contributed by atoms with Crippen LogP contribution in [0, 0.1) is 10.1 Å². The maximum Gasteiger partial charge on any atom is 0.417 e. The van der Waals surface area contributed by atoms with Gasteiger partial charge in [-0.2, -0.15) is 13.2 Å². The summed E-state index contributed by atoms with van der Waals surface area (Å²) in [6, 6.07) is 5.83. The minimum absolute atomic E-state index is 0.105. The number of alkyl halides is 3. The number of hydrogen-bond acceptors (Lipinski definition) is 6. The molecule has 10 heteroatoms. The van der Waals surface area contributed by atoms with Crippen molar-refractivity contribution in [3.63, 3.8) is 0 Å². The molecule has 0 atom stereocenters. The molecule has 0 bridgehead atoms. The lowest BCUT2D eigenvalue weighted by atomic mass is 10.0. The van der Waals surface area contributed by atoms with Crippen LogP contribution >= 0.6 is 0 Å². The van der Waals surface area contributed by atoms with Crippen LogP contribution in [0.2, 0.25) is 0 Å². The monoisotopic (exact) mass is 394 g/mol. The molecule has 1 aliphatic rings. The smallest absolute Gasteiger partial charge is 0.367 e. The molecular formula is C18H17F3N4O3. The molecule has 148 valence electrons. The van der Waals surface area contributed by atoms with E-state index < -0.39 is 22.4 Å². The Labute approximate surface area is 158 Å². The average Bonchev–Trinajstić information content (AvgIpc) is 2.67. The highest BCUT2D eigenvalue weighted by molar-refractivity contribution is 6.11. The first kappa shape index (κ1) is 19.7. The number of likely N-dealkylation sites (N-methyl/N-ethyl adjacent to an activating group) is 1. The van der Waals surface area contributed by atoms with Crippen LogP contribution in [-0.2, 0) is 6.18 Å². The van der Waals surface area contributed by atoms with E-state index >= 15 is 0 Å². The molecular weight excluding hydrogens is 377 g/mol. The van der Waals surface area contributed by atoms with E-state index in [1.807, 2.05) is 11.9 Å². The molecule has 1 aromatic heterocycles. The standard InChI is InChI=1S/C18H17F3N4O3/c1-23-6-8-24(9-7-23)15-10-13(18(19,20)21)11-22-16(15)17(26)12-2-4-14(5-3-12)25(27)28/h2-5,10-11H,6-9H2,1H3. The molecule has 0 radical (unpaired) electrons. The Morgan fingerprint density at radius 1 is 1.14 bits per heavy atom. The molecule has 1 fully saturated rings. The van der Waals surface area contributed by atoms with Gasteiger partial charge in [0.05, 0.1) is 16.2 Å². The summed E-state index contributed by atoms with van der Waals surface area (Å²) in [6.45, 7) is 2.20. The molecule has 2 heterocycles. The molecule has 0 aliphatic carbocycles. The fraction of sp³-hybridized carbons (Fsp3) is 0.333. The number of ketones is 1. The molecule has 0 unspecified atom stereocenters. The van der Waals surface area contributed by atoms with Gasteiger partial charge in [0.25, 0.3) is 5.69 Å².